The Kier molecular flexibility index (Phi) is 5.38. The Bertz CT molecular complexity index is 917. The molecule has 1 heterocycles. The fourth-order valence-electron chi connectivity index (χ4n) is 2.32. The first-order valence-electron chi connectivity index (χ1n) is 7.91. The van der Waals surface area contributed by atoms with E-state index in [-0.39, 0.29) is 5.82 Å². The van der Waals surface area contributed by atoms with E-state index in [1.807, 2.05) is 0 Å². The van der Waals surface area contributed by atoms with Crippen molar-refractivity contribution >= 4 is 23.4 Å². The first kappa shape index (κ1) is 17.3. The van der Waals surface area contributed by atoms with Crippen molar-refractivity contribution in [1.82, 2.24) is 9.97 Å². The van der Waals surface area contributed by atoms with Crippen LogP contribution in [0, 0.1) is 5.82 Å². The Balaban J connectivity index is 1.70. The van der Waals surface area contributed by atoms with E-state index in [0.29, 0.717) is 35.1 Å². The molecule has 26 heavy (non-hydrogen) atoms. The van der Waals surface area contributed by atoms with Crippen LogP contribution in [0.15, 0.2) is 60.8 Å². The summed E-state index contributed by atoms with van der Waals surface area (Å²) in [6, 6.07) is 15.1. The first-order valence-corrected chi connectivity index (χ1v) is 7.91. The van der Waals surface area contributed by atoms with E-state index in [2.05, 4.69) is 20.6 Å². The number of ether oxygens (including phenoxy) is 1. The van der Waals surface area contributed by atoms with Crippen LogP contribution in [-0.4, -0.2) is 23.0 Å². The van der Waals surface area contributed by atoms with Crippen LogP contribution < -0.4 is 10.6 Å². The Hall–Kier alpha value is -3.48. The number of halogens is 1. The molecule has 132 valence electrons. The molecule has 0 bridgehead atoms. The van der Waals surface area contributed by atoms with Gasteiger partial charge in [-0.15, -0.1) is 0 Å². The maximum absolute atomic E-state index is 13.7. The van der Waals surface area contributed by atoms with E-state index in [4.69, 9.17) is 4.74 Å². The van der Waals surface area contributed by atoms with Gasteiger partial charge in [0.05, 0.1) is 12.7 Å². The number of methoxy groups -OCH3 is 1. The predicted molar refractivity (Wildman–Crippen MR) is 96.8 cm³/mol. The normalized spacial score (nSPS) is 10.2. The van der Waals surface area contributed by atoms with Crippen LogP contribution in [0.5, 0.6) is 0 Å². The minimum atomic E-state index is -0.421. The fourth-order valence-corrected chi connectivity index (χ4v) is 2.32. The standard InChI is InChI=1S/C19H17FN4O2/c1-26-18(25)13-6-4-7-15(11-13)23-19-21-10-9-17(24-19)22-12-14-5-2-3-8-16(14)20/h2-11H,12H2,1H3,(H2,21,22,23,24). The lowest BCUT2D eigenvalue weighted by molar-refractivity contribution is 0.0601. The number of benzene rings is 2. The summed E-state index contributed by atoms with van der Waals surface area (Å²) >= 11 is 0. The molecule has 0 saturated carbocycles. The summed E-state index contributed by atoms with van der Waals surface area (Å²) in [4.78, 5) is 20.1. The Morgan fingerprint density at radius 3 is 2.81 bits per heavy atom. The summed E-state index contributed by atoms with van der Waals surface area (Å²) < 4.78 is 18.4. The Morgan fingerprint density at radius 1 is 1.15 bits per heavy atom. The lowest BCUT2D eigenvalue weighted by Crippen LogP contribution is -2.06. The summed E-state index contributed by atoms with van der Waals surface area (Å²) in [5.41, 5.74) is 1.62. The number of aromatic nitrogens is 2. The minimum Gasteiger partial charge on any atom is -0.465 e. The molecule has 3 aromatic rings. The lowest BCUT2D eigenvalue weighted by Gasteiger charge is -2.09. The molecule has 0 aliphatic carbocycles. The van der Waals surface area contributed by atoms with Crippen LogP contribution in [-0.2, 0) is 11.3 Å². The number of carbonyl (C=O) groups excluding carboxylic acids is 1. The third kappa shape index (κ3) is 4.32. The summed E-state index contributed by atoms with van der Waals surface area (Å²) in [6.45, 7) is 0.307. The van der Waals surface area contributed by atoms with Gasteiger partial charge in [-0.05, 0) is 30.3 Å². The lowest BCUT2D eigenvalue weighted by atomic mass is 10.2. The molecule has 0 atom stereocenters. The number of nitrogens with zero attached hydrogens (tertiary/aromatic N) is 2. The van der Waals surface area contributed by atoms with Crippen LogP contribution >= 0.6 is 0 Å². The Labute approximate surface area is 150 Å². The average molecular weight is 352 g/mol. The highest BCUT2D eigenvalue weighted by Gasteiger charge is 2.07. The van der Waals surface area contributed by atoms with Crippen LogP contribution in [0.3, 0.4) is 0 Å². The van der Waals surface area contributed by atoms with Crippen molar-refractivity contribution in [3.05, 3.63) is 77.7 Å². The number of hydrogen-bond acceptors (Lipinski definition) is 6. The molecule has 0 radical (unpaired) electrons. The van der Waals surface area contributed by atoms with E-state index in [1.165, 1.54) is 13.2 Å². The molecule has 6 nitrogen and oxygen atoms in total. The first-order chi connectivity index (χ1) is 12.7. The van der Waals surface area contributed by atoms with Crippen molar-refractivity contribution in [2.75, 3.05) is 17.7 Å². The second-order valence-corrected chi connectivity index (χ2v) is 5.41. The molecule has 0 unspecified atom stereocenters. The van der Waals surface area contributed by atoms with Gasteiger partial charge < -0.3 is 15.4 Å². The predicted octanol–water partition coefficient (Wildman–Crippen LogP) is 3.76. The minimum absolute atomic E-state index is 0.271. The molecular formula is C19H17FN4O2. The second kappa shape index (κ2) is 8.06. The highest BCUT2D eigenvalue weighted by molar-refractivity contribution is 5.90. The van der Waals surface area contributed by atoms with Crippen molar-refractivity contribution in [2.45, 2.75) is 6.54 Å². The number of rotatable bonds is 6. The van der Waals surface area contributed by atoms with Crippen molar-refractivity contribution in [3.8, 4) is 0 Å². The highest BCUT2D eigenvalue weighted by atomic mass is 19.1. The smallest absolute Gasteiger partial charge is 0.337 e. The van der Waals surface area contributed by atoms with Gasteiger partial charge in [-0.3, -0.25) is 0 Å². The fraction of sp³-hybridized carbons (Fsp3) is 0.105. The monoisotopic (exact) mass is 352 g/mol. The molecule has 0 aliphatic rings. The molecule has 0 amide bonds. The van der Waals surface area contributed by atoms with Gasteiger partial charge in [-0.2, -0.15) is 4.98 Å². The van der Waals surface area contributed by atoms with Gasteiger partial charge in [-0.25, -0.2) is 14.2 Å². The number of hydrogen-bond donors (Lipinski definition) is 2. The number of carbonyl (C=O) groups is 1. The highest BCUT2D eigenvalue weighted by Crippen LogP contribution is 2.17. The summed E-state index contributed by atoms with van der Waals surface area (Å²) in [7, 11) is 1.33. The van der Waals surface area contributed by atoms with Gasteiger partial charge in [0, 0.05) is 24.0 Å². The van der Waals surface area contributed by atoms with Gasteiger partial charge >= 0.3 is 5.97 Å². The average Bonchev–Trinajstić information content (AvgIpc) is 2.67. The van der Waals surface area contributed by atoms with Gasteiger partial charge in [0.2, 0.25) is 5.95 Å². The SMILES string of the molecule is COC(=O)c1cccc(Nc2nccc(NCc3ccccc3F)n2)c1. The molecule has 3 rings (SSSR count). The van der Waals surface area contributed by atoms with E-state index in [1.54, 1.807) is 54.7 Å². The van der Waals surface area contributed by atoms with Gasteiger partial charge in [0.25, 0.3) is 0 Å². The van der Waals surface area contributed by atoms with E-state index in [0.717, 1.165) is 0 Å². The summed E-state index contributed by atoms with van der Waals surface area (Å²) in [5.74, 6) is 0.210. The second-order valence-electron chi connectivity index (χ2n) is 5.41. The molecule has 0 saturated heterocycles. The van der Waals surface area contributed by atoms with E-state index < -0.39 is 5.97 Å². The van der Waals surface area contributed by atoms with E-state index in [9.17, 15) is 9.18 Å². The number of esters is 1. The molecule has 2 aromatic carbocycles. The van der Waals surface area contributed by atoms with E-state index >= 15 is 0 Å². The largest absolute Gasteiger partial charge is 0.465 e. The number of anilines is 3. The van der Waals surface area contributed by atoms with Crippen LogP contribution in [0.1, 0.15) is 15.9 Å². The Morgan fingerprint density at radius 2 is 2.00 bits per heavy atom. The van der Waals surface area contributed by atoms with Crippen molar-refractivity contribution in [2.24, 2.45) is 0 Å². The molecule has 0 fully saturated rings. The van der Waals surface area contributed by atoms with Gasteiger partial charge in [-0.1, -0.05) is 24.3 Å². The van der Waals surface area contributed by atoms with Gasteiger partial charge in [0.15, 0.2) is 0 Å². The molecule has 0 spiro atoms. The van der Waals surface area contributed by atoms with Gasteiger partial charge in [0.1, 0.15) is 11.6 Å². The maximum Gasteiger partial charge on any atom is 0.337 e. The van der Waals surface area contributed by atoms with Crippen molar-refractivity contribution in [3.63, 3.8) is 0 Å². The third-order valence-corrected chi connectivity index (χ3v) is 3.61. The van der Waals surface area contributed by atoms with Crippen molar-refractivity contribution < 1.29 is 13.9 Å². The van der Waals surface area contributed by atoms with Crippen LogP contribution in [0.25, 0.3) is 0 Å². The zero-order valence-electron chi connectivity index (χ0n) is 14.1. The topological polar surface area (TPSA) is 76.1 Å². The quantitative estimate of drug-likeness (QED) is 0.658. The molecule has 2 N–H and O–H groups in total. The molecule has 7 heteroatoms. The third-order valence-electron chi connectivity index (χ3n) is 3.61. The summed E-state index contributed by atoms with van der Waals surface area (Å²) in [6.07, 6.45) is 1.59. The zero-order chi connectivity index (χ0) is 18.4. The molecular weight excluding hydrogens is 335 g/mol. The maximum atomic E-state index is 13.7. The molecule has 0 aliphatic heterocycles. The zero-order valence-corrected chi connectivity index (χ0v) is 14.1. The summed E-state index contributed by atoms with van der Waals surface area (Å²) in [5, 5.41) is 6.09. The number of nitrogens with one attached hydrogen (secondary N) is 2. The van der Waals surface area contributed by atoms with Crippen LogP contribution in [0.2, 0.25) is 0 Å². The van der Waals surface area contributed by atoms with Crippen molar-refractivity contribution in [1.29, 1.82) is 0 Å². The molecule has 1 aromatic heterocycles. The van der Waals surface area contributed by atoms with Crippen LogP contribution in [0.4, 0.5) is 21.8 Å².